The molecule has 0 saturated carbocycles. The lowest BCUT2D eigenvalue weighted by Gasteiger charge is -2.16. The lowest BCUT2D eigenvalue weighted by atomic mass is 10.3. The Kier molecular flexibility index (Phi) is 4.13. The van der Waals surface area contributed by atoms with Gasteiger partial charge in [-0.25, -0.2) is 0 Å². The number of carbonyl (C=O) groups excluding carboxylic acids is 1. The van der Waals surface area contributed by atoms with Crippen molar-refractivity contribution in [2.45, 2.75) is 12.8 Å². The Morgan fingerprint density at radius 2 is 2.00 bits per heavy atom. The summed E-state index contributed by atoms with van der Waals surface area (Å²) < 4.78 is 5.52. The minimum atomic E-state index is 0.193. The number of likely N-dealkylation sites (tertiary alicyclic amines) is 1. The van der Waals surface area contributed by atoms with Gasteiger partial charge in [0, 0.05) is 13.0 Å². The maximum Gasteiger partial charge on any atom is 0.222 e. The van der Waals surface area contributed by atoms with Crippen LogP contribution in [0.1, 0.15) is 12.8 Å². The second kappa shape index (κ2) is 5.61. The molecule has 1 aliphatic heterocycles. The summed E-state index contributed by atoms with van der Waals surface area (Å²) in [5.74, 6) is 0.682. The number of nitrogens with zero attached hydrogens (tertiary/aromatic N) is 1. The van der Waals surface area contributed by atoms with Gasteiger partial charge < -0.3 is 9.64 Å². The van der Waals surface area contributed by atoms with Crippen LogP contribution in [0.4, 0.5) is 0 Å². The quantitative estimate of drug-likeness (QED) is 0.844. The number of benzene rings is 1. The second-order valence-corrected chi connectivity index (χ2v) is 4.70. The Balaban J connectivity index is 1.88. The first-order valence-electron chi connectivity index (χ1n) is 5.53. The SMILES string of the molecule is O=C1CCCN1CCOc1c(Cl)cccc1Cl. The number of carbonyl (C=O) groups is 1. The average molecular weight is 274 g/mol. The van der Waals surface area contributed by atoms with E-state index in [9.17, 15) is 4.79 Å². The molecule has 0 aliphatic carbocycles. The Bertz CT molecular complexity index is 403. The molecule has 1 heterocycles. The molecule has 92 valence electrons. The van der Waals surface area contributed by atoms with Crippen LogP contribution >= 0.6 is 23.2 Å². The summed E-state index contributed by atoms with van der Waals surface area (Å²) in [6.45, 7) is 1.81. The number of hydrogen-bond donors (Lipinski definition) is 0. The zero-order valence-electron chi connectivity index (χ0n) is 9.29. The molecule has 1 amide bonds. The standard InChI is InChI=1S/C12H13Cl2NO2/c13-9-3-1-4-10(14)12(9)17-8-7-15-6-2-5-11(15)16/h1,3-4H,2,5-8H2. The lowest BCUT2D eigenvalue weighted by molar-refractivity contribution is -0.128. The molecular weight excluding hydrogens is 261 g/mol. The largest absolute Gasteiger partial charge is 0.489 e. The molecule has 0 N–H and O–H groups in total. The van der Waals surface area contributed by atoms with Gasteiger partial charge in [-0.15, -0.1) is 0 Å². The van der Waals surface area contributed by atoms with Crippen LogP contribution < -0.4 is 4.74 Å². The van der Waals surface area contributed by atoms with Crippen LogP contribution in [-0.2, 0) is 4.79 Å². The van der Waals surface area contributed by atoms with Crippen LogP contribution in [0.25, 0.3) is 0 Å². The third kappa shape index (κ3) is 3.05. The van der Waals surface area contributed by atoms with Crippen molar-refractivity contribution < 1.29 is 9.53 Å². The van der Waals surface area contributed by atoms with Crippen LogP contribution in [0.2, 0.25) is 10.0 Å². The molecule has 17 heavy (non-hydrogen) atoms. The highest BCUT2D eigenvalue weighted by Gasteiger charge is 2.19. The summed E-state index contributed by atoms with van der Waals surface area (Å²) in [5, 5.41) is 0.982. The van der Waals surface area contributed by atoms with Gasteiger partial charge in [0.25, 0.3) is 0 Å². The first-order valence-corrected chi connectivity index (χ1v) is 6.28. The Labute approximate surface area is 110 Å². The topological polar surface area (TPSA) is 29.5 Å². The number of ether oxygens (including phenoxy) is 1. The normalized spacial score (nSPS) is 15.4. The minimum absolute atomic E-state index is 0.193. The molecule has 1 aliphatic rings. The first kappa shape index (κ1) is 12.5. The molecule has 0 radical (unpaired) electrons. The van der Waals surface area contributed by atoms with E-state index in [1.54, 1.807) is 23.1 Å². The predicted octanol–water partition coefficient (Wildman–Crippen LogP) is 2.99. The number of halogens is 2. The minimum Gasteiger partial charge on any atom is -0.489 e. The summed E-state index contributed by atoms with van der Waals surface area (Å²) in [5.41, 5.74) is 0. The van der Waals surface area contributed by atoms with Crippen LogP contribution in [0.15, 0.2) is 18.2 Å². The fraction of sp³-hybridized carbons (Fsp3) is 0.417. The van der Waals surface area contributed by atoms with E-state index in [2.05, 4.69) is 0 Å². The first-order chi connectivity index (χ1) is 8.18. The van der Waals surface area contributed by atoms with Gasteiger partial charge >= 0.3 is 0 Å². The number of hydrogen-bond acceptors (Lipinski definition) is 2. The smallest absolute Gasteiger partial charge is 0.222 e. The van der Waals surface area contributed by atoms with Crippen molar-refractivity contribution in [1.82, 2.24) is 4.90 Å². The molecule has 1 saturated heterocycles. The van der Waals surface area contributed by atoms with E-state index < -0.39 is 0 Å². The third-order valence-corrected chi connectivity index (χ3v) is 3.29. The van der Waals surface area contributed by atoms with Gasteiger partial charge in [-0.2, -0.15) is 0 Å². The van der Waals surface area contributed by atoms with Gasteiger partial charge in [0.2, 0.25) is 5.91 Å². The van der Waals surface area contributed by atoms with Crippen molar-refractivity contribution in [2.24, 2.45) is 0 Å². The maximum atomic E-state index is 11.4. The zero-order chi connectivity index (χ0) is 12.3. The molecule has 1 aromatic rings. The molecule has 5 heteroatoms. The Morgan fingerprint density at radius 1 is 1.29 bits per heavy atom. The Hall–Kier alpha value is -0.930. The average Bonchev–Trinajstić information content (AvgIpc) is 2.69. The molecule has 0 spiro atoms. The van der Waals surface area contributed by atoms with E-state index in [4.69, 9.17) is 27.9 Å². The molecule has 1 aromatic carbocycles. The van der Waals surface area contributed by atoms with E-state index >= 15 is 0 Å². The van der Waals surface area contributed by atoms with E-state index in [1.165, 1.54) is 0 Å². The Morgan fingerprint density at radius 3 is 2.59 bits per heavy atom. The van der Waals surface area contributed by atoms with Gasteiger partial charge in [-0.05, 0) is 18.6 Å². The zero-order valence-corrected chi connectivity index (χ0v) is 10.8. The number of amides is 1. The van der Waals surface area contributed by atoms with E-state index in [1.807, 2.05) is 0 Å². The van der Waals surface area contributed by atoms with Gasteiger partial charge in [0.05, 0.1) is 16.6 Å². The monoisotopic (exact) mass is 273 g/mol. The molecular formula is C12H13Cl2NO2. The second-order valence-electron chi connectivity index (χ2n) is 3.88. The lowest BCUT2D eigenvalue weighted by Crippen LogP contribution is -2.29. The number of rotatable bonds is 4. The summed E-state index contributed by atoms with van der Waals surface area (Å²) in [7, 11) is 0. The van der Waals surface area contributed by atoms with Crippen LogP contribution in [0.5, 0.6) is 5.75 Å². The van der Waals surface area contributed by atoms with Gasteiger partial charge in [0.1, 0.15) is 6.61 Å². The molecule has 0 aromatic heterocycles. The fourth-order valence-corrected chi connectivity index (χ4v) is 2.33. The van der Waals surface area contributed by atoms with Crippen LogP contribution in [0, 0.1) is 0 Å². The number of para-hydroxylation sites is 1. The fourth-order valence-electron chi connectivity index (χ4n) is 1.82. The van der Waals surface area contributed by atoms with E-state index in [0.717, 1.165) is 13.0 Å². The molecule has 3 nitrogen and oxygen atoms in total. The highest BCUT2D eigenvalue weighted by molar-refractivity contribution is 6.37. The van der Waals surface area contributed by atoms with Crippen molar-refractivity contribution in [3.63, 3.8) is 0 Å². The van der Waals surface area contributed by atoms with Crippen molar-refractivity contribution in [3.05, 3.63) is 28.2 Å². The van der Waals surface area contributed by atoms with Gasteiger partial charge in [0.15, 0.2) is 5.75 Å². The highest BCUT2D eigenvalue weighted by Crippen LogP contribution is 2.32. The van der Waals surface area contributed by atoms with Crippen molar-refractivity contribution in [1.29, 1.82) is 0 Å². The van der Waals surface area contributed by atoms with Gasteiger partial charge in [-0.1, -0.05) is 29.3 Å². The molecule has 0 unspecified atom stereocenters. The summed E-state index contributed by atoms with van der Waals surface area (Å²) in [4.78, 5) is 13.2. The molecule has 0 atom stereocenters. The van der Waals surface area contributed by atoms with Crippen molar-refractivity contribution >= 4 is 29.1 Å². The summed E-state index contributed by atoms with van der Waals surface area (Å²) >= 11 is 11.9. The summed E-state index contributed by atoms with van der Waals surface area (Å²) in [6, 6.07) is 5.22. The molecule has 1 fully saturated rings. The predicted molar refractivity (Wildman–Crippen MR) is 67.8 cm³/mol. The van der Waals surface area contributed by atoms with E-state index in [-0.39, 0.29) is 5.91 Å². The summed E-state index contributed by atoms with van der Waals surface area (Å²) in [6.07, 6.45) is 1.58. The van der Waals surface area contributed by atoms with Crippen LogP contribution in [-0.4, -0.2) is 30.5 Å². The van der Waals surface area contributed by atoms with E-state index in [0.29, 0.717) is 35.4 Å². The molecule has 2 rings (SSSR count). The van der Waals surface area contributed by atoms with Gasteiger partial charge in [-0.3, -0.25) is 4.79 Å². The highest BCUT2D eigenvalue weighted by atomic mass is 35.5. The third-order valence-electron chi connectivity index (χ3n) is 2.70. The maximum absolute atomic E-state index is 11.4. The van der Waals surface area contributed by atoms with Crippen molar-refractivity contribution in [3.8, 4) is 5.75 Å². The van der Waals surface area contributed by atoms with Crippen molar-refractivity contribution in [2.75, 3.05) is 19.7 Å². The molecule has 0 bridgehead atoms. The van der Waals surface area contributed by atoms with Crippen LogP contribution in [0.3, 0.4) is 0 Å².